The third-order valence-electron chi connectivity index (χ3n) is 4.35. The Morgan fingerprint density at radius 3 is 2.57 bits per heavy atom. The first kappa shape index (κ1) is 20.7. The summed E-state index contributed by atoms with van der Waals surface area (Å²) in [6.07, 6.45) is -5.10. The molecule has 1 aliphatic rings. The van der Waals surface area contributed by atoms with Crippen molar-refractivity contribution in [2.75, 3.05) is 18.5 Å². The van der Waals surface area contributed by atoms with Crippen LogP contribution in [0.1, 0.15) is 15.2 Å². The first-order chi connectivity index (χ1) is 13.3. The number of hydrogen-bond acceptors (Lipinski definition) is 9. The molecule has 2 heterocycles. The number of benzene rings is 1. The van der Waals surface area contributed by atoms with E-state index in [1.165, 1.54) is 6.20 Å². The zero-order valence-corrected chi connectivity index (χ0v) is 15.1. The topological polar surface area (TPSA) is 132 Å². The lowest BCUT2D eigenvalue weighted by atomic mass is 9.95. The predicted molar refractivity (Wildman–Crippen MR) is 94.2 cm³/mol. The number of anilines is 1. The highest BCUT2D eigenvalue weighted by Gasteiger charge is 2.43. The molecule has 1 saturated heterocycles. The van der Waals surface area contributed by atoms with Gasteiger partial charge >= 0.3 is 0 Å². The number of carbonyl (C=O) groups is 1. The number of hydrogen-bond donors (Lipinski definition) is 5. The van der Waals surface area contributed by atoms with Crippen LogP contribution in [0.3, 0.4) is 0 Å². The van der Waals surface area contributed by atoms with Gasteiger partial charge in [-0.15, -0.1) is 0 Å². The van der Waals surface area contributed by atoms with Gasteiger partial charge in [0.1, 0.15) is 42.2 Å². The van der Waals surface area contributed by atoms with Crippen molar-refractivity contribution in [3.8, 4) is 0 Å². The normalized spacial score (nSPS) is 27.6. The van der Waals surface area contributed by atoms with E-state index in [1.807, 2.05) is 0 Å². The maximum Gasteiger partial charge on any atom is 0.207 e. The molecule has 5 atom stereocenters. The summed E-state index contributed by atoms with van der Waals surface area (Å²) in [7, 11) is 0. The fraction of sp³-hybridized carbons (Fsp3) is 0.412. The van der Waals surface area contributed by atoms with Crippen LogP contribution in [0.4, 0.5) is 13.9 Å². The number of nitrogens with zero attached hydrogens (tertiary/aromatic N) is 1. The highest BCUT2D eigenvalue weighted by atomic mass is 32.1. The maximum atomic E-state index is 13.8. The van der Waals surface area contributed by atoms with Crippen molar-refractivity contribution in [3.63, 3.8) is 0 Å². The molecule has 152 valence electrons. The van der Waals surface area contributed by atoms with Gasteiger partial charge in [0.25, 0.3) is 0 Å². The Morgan fingerprint density at radius 1 is 1.18 bits per heavy atom. The molecule has 11 heteroatoms. The average Bonchev–Trinajstić information content (AvgIpc) is 3.14. The first-order valence-electron chi connectivity index (χ1n) is 8.31. The van der Waals surface area contributed by atoms with Crippen molar-refractivity contribution in [1.82, 2.24) is 4.98 Å². The largest absolute Gasteiger partial charge is 0.394 e. The number of thiazole rings is 1. The number of aliphatic hydroxyl groups is 4. The van der Waals surface area contributed by atoms with Crippen molar-refractivity contribution in [1.29, 1.82) is 0 Å². The van der Waals surface area contributed by atoms with Gasteiger partial charge in [0.15, 0.2) is 5.13 Å². The van der Waals surface area contributed by atoms with Crippen LogP contribution in [0.2, 0.25) is 0 Å². The van der Waals surface area contributed by atoms with E-state index in [1.54, 1.807) is 0 Å². The number of ketones is 1. The number of aliphatic hydroxyl groups excluding tert-OH is 4. The van der Waals surface area contributed by atoms with Crippen LogP contribution in [-0.4, -0.2) is 74.9 Å². The van der Waals surface area contributed by atoms with Gasteiger partial charge < -0.3 is 30.5 Å². The fourth-order valence-corrected chi connectivity index (χ4v) is 3.58. The maximum absolute atomic E-state index is 13.8. The number of carbonyl (C=O) groups excluding carboxylic acids is 1. The Hall–Kier alpha value is -2.02. The molecule has 8 nitrogen and oxygen atoms in total. The first-order valence-corrected chi connectivity index (χ1v) is 9.13. The lowest BCUT2D eigenvalue weighted by Crippen LogP contribution is -2.60. The second-order valence-electron chi connectivity index (χ2n) is 6.23. The number of ether oxygens (including phenoxy) is 1. The fourth-order valence-electron chi connectivity index (χ4n) is 2.80. The summed E-state index contributed by atoms with van der Waals surface area (Å²) in [5.41, 5.74) is -0.287. The molecule has 5 N–H and O–H groups in total. The summed E-state index contributed by atoms with van der Waals surface area (Å²) in [5, 5.41) is 41.8. The van der Waals surface area contributed by atoms with Gasteiger partial charge in [-0.1, -0.05) is 11.3 Å². The van der Waals surface area contributed by atoms with Crippen LogP contribution in [0, 0.1) is 11.6 Å². The monoisotopic (exact) mass is 416 g/mol. The van der Waals surface area contributed by atoms with E-state index < -0.39 is 54.5 Å². The molecule has 3 rings (SSSR count). The quantitative estimate of drug-likeness (QED) is 0.413. The summed E-state index contributed by atoms with van der Waals surface area (Å²) in [4.78, 5) is 16.4. The third kappa shape index (κ3) is 4.19. The zero-order chi connectivity index (χ0) is 20.4. The van der Waals surface area contributed by atoms with Gasteiger partial charge in [-0.05, 0) is 12.1 Å². The predicted octanol–water partition coefficient (Wildman–Crippen LogP) is -0.0934. The van der Waals surface area contributed by atoms with Gasteiger partial charge in [-0.2, -0.15) is 0 Å². The van der Waals surface area contributed by atoms with Crippen molar-refractivity contribution >= 4 is 22.3 Å². The second kappa shape index (κ2) is 8.55. The molecule has 1 aromatic heterocycles. The zero-order valence-electron chi connectivity index (χ0n) is 14.3. The minimum Gasteiger partial charge on any atom is -0.394 e. The van der Waals surface area contributed by atoms with Gasteiger partial charge in [0.05, 0.1) is 23.2 Å². The van der Waals surface area contributed by atoms with E-state index in [9.17, 15) is 34.0 Å². The molecule has 0 spiro atoms. The molecule has 0 amide bonds. The Kier molecular flexibility index (Phi) is 6.33. The minimum atomic E-state index is -1.49. The van der Waals surface area contributed by atoms with E-state index >= 15 is 0 Å². The number of nitrogens with one attached hydrogen (secondary N) is 1. The van der Waals surface area contributed by atoms with Gasteiger partial charge in [-0.25, -0.2) is 13.8 Å². The van der Waals surface area contributed by atoms with Crippen LogP contribution < -0.4 is 5.32 Å². The lowest BCUT2D eigenvalue weighted by molar-refractivity contribution is -0.225. The van der Waals surface area contributed by atoms with Crippen LogP contribution in [-0.2, 0) is 4.74 Å². The molecule has 0 bridgehead atoms. The smallest absolute Gasteiger partial charge is 0.207 e. The molecule has 2 aromatic rings. The Morgan fingerprint density at radius 2 is 1.89 bits per heavy atom. The lowest BCUT2D eigenvalue weighted by Gasteiger charge is -2.40. The molecule has 0 radical (unpaired) electrons. The Labute approximate surface area is 162 Å². The number of halogens is 2. The molecule has 28 heavy (non-hydrogen) atoms. The van der Waals surface area contributed by atoms with Gasteiger partial charge in [0, 0.05) is 12.6 Å². The summed E-state index contributed by atoms with van der Waals surface area (Å²) in [6.45, 7) is -0.575. The van der Waals surface area contributed by atoms with Crippen LogP contribution in [0.25, 0.3) is 0 Å². The summed E-state index contributed by atoms with van der Waals surface area (Å²) >= 11 is 0.916. The molecule has 1 aliphatic heterocycles. The molecule has 0 aliphatic carbocycles. The molecule has 1 fully saturated rings. The highest BCUT2D eigenvalue weighted by Crippen LogP contribution is 2.25. The molecule has 0 saturated carbocycles. The highest BCUT2D eigenvalue weighted by molar-refractivity contribution is 7.17. The second-order valence-corrected chi connectivity index (χ2v) is 7.26. The van der Waals surface area contributed by atoms with Crippen molar-refractivity contribution in [2.24, 2.45) is 0 Å². The van der Waals surface area contributed by atoms with E-state index in [0.29, 0.717) is 6.07 Å². The summed E-state index contributed by atoms with van der Waals surface area (Å²) < 4.78 is 32.1. The average molecular weight is 416 g/mol. The van der Waals surface area contributed by atoms with Crippen molar-refractivity contribution in [3.05, 3.63) is 46.5 Å². The van der Waals surface area contributed by atoms with Gasteiger partial charge in [-0.3, -0.25) is 4.79 Å². The molecule has 1 aromatic carbocycles. The van der Waals surface area contributed by atoms with Crippen molar-refractivity contribution in [2.45, 2.75) is 30.5 Å². The van der Waals surface area contributed by atoms with E-state index in [4.69, 9.17) is 4.74 Å². The van der Waals surface area contributed by atoms with E-state index in [2.05, 4.69) is 10.3 Å². The minimum absolute atomic E-state index is 0.0342. The SMILES string of the molecule is O=C(c1cnc(NCC2OC(CO)C(O)C(O)C2O)s1)c1ccc(F)cc1F. The van der Waals surface area contributed by atoms with Crippen molar-refractivity contribution < 1.29 is 38.7 Å². The standard InChI is InChI=1S/C17H18F2N2O6S/c18-7-1-2-8(9(19)3-7)13(23)12-5-21-17(28-12)20-4-10-14(24)16(26)15(25)11(6-22)27-10/h1-3,5,10-11,14-16,22,24-26H,4,6H2,(H,20,21). The molecular weight excluding hydrogens is 398 g/mol. The van der Waals surface area contributed by atoms with Crippen LogP contribution in [0.15, 0.2) is 24.4 Å². The Bertz CT molecular complexity index is 849. The van der Waals surface area contributed by atoms with E-state index in [-0.39, 0.29) is 22.1 Å². The number of rotatable bonds is 6. The third-order valence-corrected chi connectivity index (χ3v) is 5.30. The Balaban J connectivity index is 1.65. The molecular formula is C17H18F2N2O6S. The van der Waals surface area contributed by atoms with Gasteiger partial charge in [0.2, 0.25) is 5.78 Å². The summed E-state index contributed by atoms with van der Waals surface area (Å²) in [6, 6.07) is 2.65. The van der Waals surface area contributed by atoms with Crippen LogP contribution in [0.5, 0.6) is 0 Å². The van der Waals surface area contributed by atoms with Crippen LogP contribution >= 0.6 is 11.3 Å². The molecule has 5 unspecified atom stereocenters. The van der Waals surface area contributed by atoms with E-state index in [0.717, 1.165) is 23.5 Å². The number of aromatic nitrogens is 1. The summed E-state index contributed by atoms with van der Waals surface area (Å²) in [5.74, 6) is -2.43.